The highest BCUT2D eigenvalue weighted by Crippen LogP contribution is 2.20. The fraction of sp³-hybridized carbons (Fsp3) is 0.190. The molecule has 1 aromatic heterocycles. The molecule has 0 spiro atoms. The van der Waals surface area contributed by atoms with Gasteiger partial charge in [0.1, 0.15) is 0 Å². The molecule has 144 valence electrons. The molecular weight excluding hydrogens is 354 g/mol. The second-order valence-electron chi connectivity index (χ2n) is 6.47. The summed E-state index contributed by atoms with van der Waals surface area (Å²) in [5.41, 5.74) is 11.1. The number of nitrogens with one attached hydrogen (secondary N) is 2. The fourth-order valence-corrected chi connectivity index (χ4v) is 2.63. The van der Waals surface area contributed by atoms with Crippen LogP contribution < -0.4 is 16.4 Å². The van der Waals surface area contributed by atoms with E-state index in [1.54, 1.807) is 48.7 Å². The lowest BCUT2D eigenvalue weighted by atomic mass is 10.1. The maximum absolute atomic E-state index is 12.6. The molecule has 1 amide bonds. The van der Waals surface area contributed by atoms with Gasteiger partial charge in [-0.25, -0.2) is 9.97 Å². The van der Waals surface area contributed by atoms with Crippen molar-refractivity contribution in [2.24, 2.45) is 5.73 Å². The molecule has 0 fully saturated rings. The van der Waals surface area contributed by atoms with Crippen LogP contribution in [0.1, 0.15) is 32.7 Å². The molecular formula is C21H23N5O2. The molecule has 0 aliphatic heterocycles. The van der Waals surface area contributed by atoms with Crippen molar-refractivity contribution in [2.45, 2.75) is 27.0 Å². The summed E-state index contributed by atoms with van der Waals surface area (Å²) >= 11 is 0. The SMILES string of the molecule is Cc1cnc(Nc2ccc(C(=O)Nc3cc(CO)ccc3CN)cc2)nc1C. The second-order valence-corrected chi connectivity index (χ2v) is 6.47. The molecule has 3 aromatic rings. The van der Waals surface area contributed by atoms with Crippen molar-refractivity contribution in [2.75, 3.05) is 10.6 Å². The van der Waals surface area contributed by atoms with Crippen LogP contribution in [0.5, 0.6) is 0 Å². The van der Waals surface area contributed by atoms with Gasteiger partial charge in [0, 0.05) is 35.4 Å². The van der Waals surface area contributed by atoms with Crippen LogP contribution in [-0.2, 0) is 13.2 Å². The summed E-state index contributed by atoms with van der Waals surface area (Å²) < 4.78 is 0. The molecule has 28 heavy (non-hydrogen) atoms. The van der Waals surface area contributed by atoms with Gasteiger partial charge in [0.2, 0.25) is 5.95 Å². The monoisotopic (exact) mass is 377 g/mol. The van der Waals surface area contributed by atoms with Gasteiger partial charge in [-0.15, -0.1) is 0 Å². The summed E-state index contributed by atoms with van der Waals surface area (Å²) in [6.07, 6.45) is 1.77. The normalized spacial score (nSPS) is 10.6. The van der Waals surface area contributed by atoms with Crippen LogP contribution >= 0.6 is 0 Å². The van der Waals surface area contributed by atoms with Gasteiger partial charge in [-0.1, -0.05) is 12.1 Å². The summed E-state index contributed by atoms with van der Waals surface area (Å²) in [6, 6.07) is 12.3. The Labute approximate surface area is 163 Å². The van der Waals surface area contributed by atoms with Crippen molar-refractivity contribution in [1.29, 1.82) is 0 Å². The molecule has 0 bridgehead atoms. The first kappa shape index (κ1) is 19.5. The number of hydrogen-bond donors (Lipinski definition) is 4. The number of aliphatic hydroxyl groups is 1. The van der Waals surface area contributed by atoms with E-state index in [1.165, 1.54) is 0 Å². The molecule has 3 rings (SSSR count). The molecule has 0 unspecified atom stereocenters. The molecule has 0 saturated heterocycles. The number of amides is 1. The third-order valence-electron chi connectivity index (χ3n) is 4.45. The average Bonchev–Trinajstić information content (AvgIpc) is 2.71. The quantitative estimate of drug-likeness (QED) is 0.525. The molecule has 2 aromatic carbocycles. The molecule has 0 aliphatic rings. The zero-order chi connectivity index (χ0) is 20.1. The van der Waals surface area contributed by atoms with Crippen molar-refractivity contribution in [3.63, 3.8) is 0 Å². The number of aromatic nitrogens is 2. The van der Waals surface area contributed by atoms with Crippen molar-refractivity contribution in [1.82, 2.24) is 9.97 Å². The number of nitrogens with zero attached hydrogens (tertiary/aromatic N) is 2. The number of aliphatic hydroxyl groups excluding tert-OH is 1. The Bertz CT molecular complexity index is 987. The molecule has 5 N–H and O–H groups in total. The number of carbonyl (C=O) groups excluding carboxylic acids is 1. The van der Waals surface area contributed by atoms with Crippen LogP contribution in [-0.4, -0.2) is 21.0 Å². The lowest BCUT2D eigenvalue weighted by molar-refractivity contribution is 0.102. The number of nitrogens with two attached hydrogens (primary N) is 1. The van der Waals surface area contributed by atoms with E-state index in [-0.39, 0.29) is 12.5 Å². The highest BCUT2D eigenvalue weighted by atomic mass is 16.3. The first-order valence-corrected chi connectivity index (χ1v) is 8.91. The number of rotatable bonds is 6. The van der Waals surface area contributed by atoms with Crippen LogP contribution in [0.4, 0.5) is 17.3 Å². The van der Waals surface area contributed by atoms with E-state index in [0.29, 0.717) is 29.3 Å². The first-order chi connectivity index (χ1) is 13.5. The second kappa shape index (κ2) is 8.60. The minimum atomic E-state index is -0.251. The lowest BCUT2D eigenvalue weighted by Gasteiger charge is -2.12. The van der Waals surface area contributed by atoms with E-state index in [4.69, 9.17) is 5.73 Å². The number of carbonyl (C=O) groups is 1. The minimum absolute atomic E-state index is 0.103. The van der Waals surface area contributed by atoms with Gasteiger partial charge < -0.3 is 21.5 Å². The topological polar surface area (TPSA) is 113 Å². The molecule has 0 radical (unpaired) electrons. The minimum Gasteiger partial charge on any atom is -0.392 e. The van der Waals surface area contributed by atoms with E-state index in [2.05, 4.69) is 20.6 Å². The Hall–Kier alpha value is -3.29. The molecule has 0 saturated carbocycles. The smallest absolute Gasteiger partial charge is 0.255 e. The molecule has 7 nitrogen and oxygen atoms in total. The Morgan fingerprint density at radius 3 is 2.54 bits per heavy atom. The van der Waals surface area contributed by atoms with E-state index in [0.717, 1.165) is 22.5 Å². The third kappa shape index (κ3) is 4.51. The largest absolute Gasteiger partial charge is 0.392 e. The Kier molecular flexibility index (Phi) is 5.98. The molecule has 0 aliphatic carbocycles. The maximum atomic E-state index is 12.6. The molecule has 7 heteroatoms. The van der Waals surface area contributed by atoms with Crippen LogP contribution in [0, 0.1) is 13.8 Å². The maximum Gasteiger partial charge on any atom is 0.255 e. The van der Waals surface area contributed by atoms with Gasteiger partial charge in [-0.3, -0.25) is 4.79 Å². The van der Waals surface area contributed by atoms with Crippen molar-refractivity contribution in [3.05, 3.63) is 76.6 Å². The van der Waals surface area contributed by atoms with E-state index in [1.807, 2.05) is 13.8 Å². The van der Waals surface area contributed by atoms with Crippen LogP contribution in [0.2, 0.25) is 0 Å². The van der Waals surface area contributed by atoms with Crippen molar-refractivity contribution >= 4 is 23.2 Å². The summed E-state index contributed by atoms with van der Waals surface area (Å²) in [5, 5.41) is 15.3. The predicted octanol–water partition coefficient (Wildman–Crippen LogP) is 3.04. The van der Waals surface area contributed by atoms with E-state index >= 15 is 0 Å². The van der Waals surface area contributed by atoms with Crippen molar-refractivity contribution in [3.8, 4) is 0 Å². The average molecular weight is 377 g/mol. The number of benzene rings is 2. The van der Waals surface area contributed by atoms with Gasteiger partial charge >= 0.3 is 0 Å². The first-order valence-electron chi connectivity index (χ1n) is 8.91. The van der Waals surface area contributed by atoms with Crippen LogP contribution in [0.15, 0.2) is 48.7 Å². The van der Waals surface area contributed by atoms with E-state index < -0.39 is 0 Å². The van der Waals surface area contributed by atoms with Crippen molar-refractivity contribution < 1.29 is 9.90 Å². The molecule has 1 heterocycles. The molecule has 0 atom stereocenters. The number of anilines is 3. The Balaban J connectivity index is 1.72. The van der Waals surface area contributed by atoms with Gasteiger partial charge in [0.05, 0.1) is 6.61 Å². The highest BCUT2D eigenvalue weighted by molar-refractivity contribution is 6.04. The zero-order valence-corrected chi connectivity index (χ0v) is 15.9. The Morgan fingerprint density at radius 2 is 1.89 bits per heavy atom. The fourth-order valence-electron chi connectivity index (χ4n) is 2.63. The van der Waals surface area contributed by atoms with Gasteiger partial charge in [0.25, 0.3) is 5.91 Å². The summed E-state index contributed by atoms with van der Waals surface area (Å²) in [5.74, 6) is 0.257. The highest BCUT2D eigenvalue weighted by Gasteiger charge is 2.10. The van der Waals surface area contributed by atoms with Gasteiger partial charge in [-0.2, -0.15) is 0 Å². The summed E-state index contributed by atoms with van der Waals surface area (Å²) in [6.45, 7) is 4.07. The summed E-state index contributed by atoms with van der Waals surface area (Å²) in [7, 11) is 0. The number of aryl methyl sites for hydroxylation is 2. The standard InChI is InChI=1S/C21H23N5O2/c1-13-11-23-21(24-14(13)2)25-18-7-5-16(6-8-18)20(28)26-19-9-15(12-27)3-4-17(19)10-22/h3-9,11,27H,10,12,22H2,1-2H3,(H,26,28)(H,23,24,25). The van der Waals surface area contributed by atoms with Crippen LogP contribution in [0.25, 0.3) is 0 Å². The van der Waals surface area contributed by atoms with Gasteiger partial charge in [0.15, 0.2) is 0 Å². The van der Waals surface area contributed by atoms with Gasteiger partial charge in [-0.05, 0) is 60.9 Å². The number of hydrogen-bond acceptors (Lipinski definition) is 6. The Morgan fingerprint density at radius 1 is 1.14 bits per heavy atom. The lowest BCUT2D eigenvalue weighted by Crippen LogP contribution is -2.14. The third-order valence-corrected chi connectivity index (χ3v) is 4.45. The predicted molar refractivity (Wildman–Crippen MR) is 109 cm³/mol. The zero-order valence-electron chi connectivity index (χ0n) is 15.9. The summed E-state index contributed by atoms with van der Waals surface area (Å²) in [4.78, 5) is 21.2. The van der Waals surface area contributed by atoms with E-state index in [9.17, 15) is 9.90 Å². The van der Waals surface area contributed by atoms with Crippen LogP contribution in [0.3, 0.4) is 0 Å².